The molecule has 318 valence electrons. The number of fused-ring (bicyclic) bond motifs is 2. The molecule has 0 fully saturated rings. The van der Waals surface area contributed by atoms with Gasteiger partial charge >= 0.3 is 0 Å². The Morgan fingerprint density at radius 3 is 1.25 bits per heavy atom. The van der Waals surface area contributed by atoms with Crippen LogP contribution in [0.4, 0.5) is 4.39 Å². The van der Waals surface area contributed by atoms with E-state index in [0.29, 0.717) is 46.3 Å². The molecule has 0 bridgehead atoms. The van der Waals surface area contributed by atoms with Gasteiger partial charge in [-0.1, -0.05) is 30.3 Å². The zero-order valence-electron chi connectivity index (χ0n) is 34.4. The van der Waals surface area contributed by atoms with Crippen LogP contribution in [-0.2, 0) is 0 Å². The lowest BCUT2D eigenvalue weighted by Crippen LogP contribution is -2.26. The molecule has 0 spiro atoms. The molecule has 6 aromatic carbocycles. The topological polar surface area (TPSA) is 177 Å². The lowest BCUT2D eigenvalue weighted by molar-refractivity contribution is 0.244. The van der Waals surface area contributed by atoms with Crippen molar-refractivity contribution in [3.05, 3.63) is 141 Å². The van der Waals surface area contributed by atoms with Crippen LogP contribution in [-0.4, -0.2) is 72.3 Å². The maximum Gasteiger partial charge on any atom is 0.200 e. The minimum Gasteiger partial charge on any atom is -0.508 e. The maximum atomic E-state index is 14.3. The van der Waals surface area contributed by atoms with Gasteiger partial charge in [0.2, 0.25) is 11.5 Å². The summed E-state index contributed by atoms with van der Waals surface area (Å²) in [6.45, 7) is 4.19. The highest BCUT2D eigenvalue weighted by Crippen LogP contribution is 2.53. The quantitative estimate of drug-likeness (QED) is 0.0859. The average molecular weight is 835 g/mol. The summed E-state index contributed by atoms with van der Waals surface area (Å²) in [6.07, 6.45) is 0. The number of rotatable bonds is 8. The van der Waals surface area contributed by atoms with Crippen molar-refractivity contribution in [1.29, 1.82) is 0 Å². The molecule has 0 amide bonds. The van der Waals surface area contributed by atoms with Crippen LogP contribution in [0.2, 0.25) is 0 Å². The van der Waals surface area contributed by atoms with E-state index in [0.717, 1.165) is 27.8 Å². The van der Waals surface area contributed by atoms with E-state index in [4.69, 9.17) is 28.4 Å². The van der Waals surface area contributed by atoms with E-state index >= 15 is 0 Å². The van der Waals surface area contributed by atoms with Crippen molar-refractivity contribution in [3.63, 3.8) is 0 Å². The van der Waals surface area contributed by atoms with Gasteiger partial charge in [-0.05, 0) is 96.8 Å². The van der Waals surface area contributed by atoms with E-state index < -0.39 is 11.6 Å². The second-order valence-electron chi connectivity index (χ2n) is 14.9. The Hall–Kier alpha value is -7.15. The number of aromatic hydroxyl groups is 6. The molecule has 6 aromatic rings. The van der Waals surface area contributed by atoms with Crippen LogP contribution in [0.15, 0.2) is 91.0 Å². The van der Waals surface area contributed by atoms with Crippen molar-refractivity contribution >= 4 is 0 Å². The first-order chi connectivity index (χ1) is 29.3. The number of methoxy groups -OCH3 is 4. The van der Waals surface area contributed by atoms with Crippen LogP contribution in [0, 0.1) is 19.7 Å². The number of halogens is 1. The standard InChI is InChI=1S/C24H23FO6.C24H24O6/c1-12-18(26)7-5-15-22(13-4-6-19(27)17(25)8-13)16(11-31-24(12)15)14-9-20(29-2)23(28)21(10-14)30-3;1-13-19(26)9-8-17-22(14-4-6-16(25)7-5-14)18(12-30-24(13)17)15-10-20(28-2)23(27)21(11-15)29-3/h4-10,16,22,26-28H,11H2,1-3H3;4-11,18,22,25-27H,12H2,1-3H3. The van der Waals surface area contributed by atoms with Gasteiger partial charge in [0.1, 0.15) is 28.7 Å². The van der Waals surface area contributed by atoms with Crippen molar-refractivity contribution < 1.29 is 63.5 Å². The zero-order chi connectivity index (χ0) is 43.7. The molecule has 8 rings (SSSR count). The number of ether oxygens (including phenoxy) is 6. The highest BCUT2D eigenvalue weighted by molar-refractivity contribution is 5.60. The molecule has 61 heavy (non-hydrogen) atoms. The molecule has 2 aliphatic heterocycles. The van der Waals surface area contributed by atoms with Crippen LogP contribution in [0.3, 0.4) is 0 Å². The number of hydrogen-bond acceptors (Lipinski definition) is 12. The van der Waals surface area contributed by atoms with Crippen molar-refractivity contribution in [1.82, 2.24) is 0 Å². The Labute approximate surface area is 352 Å². The molecule has 0 saturated heterocycles. The molecule has 0 radical (unpaired) electrons. The molecule has 13 heteroatoms. The molecule has 0 aromatic heterocycles. The van der Waals surface area contributed by atoms with Crippen LogP contribution >= 0.6 is 0 Å². The first-order valence-electron chi connectivity index (χ1n) is 19.4. The van der Waals surface area contributed by atoms with E-state index in [1.54, 1.807) is 67.6 Å². The van der Waals surface area contributed by atoms with Gasteiger partial charge in [0.25, 0.3) is 0 Å². The van der Waals surface area contributed by atoms with Gasteiger partial charge in [0, 0.05) is 45.9 Å². The maximum absolute atomic E-state index is 14.3. The van der Waals surface area contributed by atoms with Crippen molar-refractivity contribution in [2.75, 3.05) is 41.7 Å². The van der Waals surface area contributed by atoms with Gasteiger partial charge in [-0.25, -0.2) is 4.39 Å². The highest BCUT2D eigenvalue weighted by Gasteiger charge is 2.38. The second kappa shape index (κ2) is 17.2. The molecule has 2 heterocycles. The van der Waals surface area contributed by atoms with Gasteiger partial charge in [-0.2, -0.15) is 0 Å². The van der Waals surface area contributed by atoms with E-state index in [1.807, 2.05) is 25.1 Å². The molecule has 0 saturated carbocycles. The molecule has 4 atom stereocenters. The molecular formula is C48H47FO12. The predicted octanol–water partition coefficient (Wildman–Crippen LogP) is 9.01. The van der Waals surface area contributed by atoms with E-state index in [-0.39, 0.29) is 70.5 Å². The van der Waals surface area contributed by atoms with Crippen molar-refractivity contribution in [2.45, 2.75) is 37.5 Å². The predicted molar refractivity (Wildman–Crippen MR) is 224 cm³/mol. The fourth-order valence-corrected chi connectivity index (χ4v) is 8.30. The molecule has 6 N–H and O–H groups in total. The van der Waals surface area contributed by atoms with E-state index in [9.17, 15) is 35.0 Å². The van der Waals surface area contributed by atoms with Crippen LogP contribution in [0.25, 0.3) is 0 Å². The SMILES string of the molecule is COc1cc(C2COc3c(ccc(O)c3C)C2c2ccc(O)c(F)c2)cc(OC)c1O.COc1cc(C2COc3c(ccc(O)c3C)C2c2ccc(O)cc2)cc(OC)c1O. The minimum absolute atomic E-state index is 0.0529. The van der Waals surface area contributed by atoms with Crippen LogP contribution < -0.4 is 28.4 Å². The minimum atomic E-state index is -0.722. The highest BCUT2D eigenvalue weighted by atomic mass is 19.1. The van der Waals surface area contributed by atoms with Gasteiger partial charge < -0.3 is 59.1 Å². The van der Waals surface area contributed by atoms with Gasteiger partial charge in [0.05, 0.1) is 41.7 Å². The summed E-state index contributed by atoms with van der Waals surface area (Å²) in [4.78, 5) is 0. The third kappa shape index (κ3) is 7.86. The fourth-order valence-electron chi connectivity index (χ4n) is 8.30. The Morgan fingerprint density at radius 2 is 0.852 bits per heavy atom. The smallest absolute Gasteiger partial charge is 0.200 e. The summed E-state index contributed by atoms with van der Waals surface area (Å²) in [7, 11) is 5.89. The largest absolute Gasteiger partial charge is 0.508 e. The van der Waals surface area contributed by atoms with E-state index in [1.165, 1.54) is 40.6 Å². The summed E-state index contributed by atoms with van der Waals surface area (Å²) < 4.78 is 47.7. The monoisotopic (exact) mass is 834 g/mol. The number of phenols is 6. The zero-order valence-corrected chi connectivity index (χ0v) is 34.4. The molecular weight excluding hydrogens is 788 g/mol. The van der Waals surface area contributed by atoms with Gasteiger partial charge in [-0.15, -0.1) is 0 Å². The first-order valence-corrected chi connectivity index (χ1v) is 19.4. The normalized spacial score (nSPS) is 17.6. The fraction of sp³-hybridized carbons (Fsp3) is 0.250. The second-order valence-corrected chi connectivity index (χ2v) is 14.9. The van der Waals surface area contributed by atoms with E-state index in [2.05, 4.69) is 0 Å². The van der Waals surface area contributed by atoms with Gasteiger partial charge in [0.15, 0.2) is 34.6 Å². The summed E-state index contributed by atoms with van der Waals surface area (Å²) in [5.41, 5.74) is 6.30. The summed E-state index contributed by atoms with van der Waals surface area (Å²) in [5.74, 6) is 0.670. The third-order valence-electron chi connectivity index (χ3n) is 11.5. The Kier molecular flexibility index (Phi) is 11.8. The first kappa shape index (κ1) is 42.0. The summed E-state index contributed by atoms with van der Waals surface area (Å²) in [6, 6.07) is 25.3. The number of benzene rings is 6. The Bertz CT molecular complexity index is 2520. The van der Waals surface area contributed by atoms with Crippen molar-refractivity contribution in [2.24, 2.45) is 0 Å². The molecule has 0 aliphatic carbocycles. The van der Waals surface area contributed by atoms with Crippen LogP contribution in [0.5, 0.6) is 69.0 Å². The van der Waals surface area contributed by atoms with Crippen molar-refractivity contribution in [3.8, 4) is 69.0 Å². The van der Waals surface area contributed by atoms with Crippen LogP contribution in [0.1, 0.15) is 68.2 Å². The number of phenolic OH excluding ortho intramolecular Hbond substituents is 6. The molecule has 4 unspecified atom stereocenters. The molecule has 12 nitrogen and oxygen atoms in total. The Balaban J connectivity index is 0.000000184. The lowest BCUT2D eigenvalue weighted by atomic mass is 9.75. The average Bonchev–Trinajstić information content (AvgIpc) is 3.27. The Morgan fingerprint density at radius 1 is 0.475 bits per heavy atom. The van der Waals surface area contributed by atoms with Gasteiger partial charge in [-0.3, -0.25) is 0 Å². The third-order valence-corrected chi connectivity index (χ3v) is 11.5. The molecule has 2 aliphatic rings. The summed E-state index contributed by atoms with van der Waals surface area (Å²) >= 11 is 0. The number of hydrogen-bond donors (Lipinski definition) is 6. The summed E-state index contributed by atoms with van der Waals surface area (Å²) in [5, 5.41) is 60.3. The lowest BCUT2D eigenvalue weighted by Gasteiger charge is -2.35.